The third-order valence-corrected chi connectivity index (χ3v) is 5.17. The van der Waals surface area contributed by atoms with Crippen molar-refractivity contribution >= 4 is 27.3 Å². The van der Waals surface area contributed by atoms with Crippen LogP contribution in [0.5, 0.6) is 5.75 Å². The molecule has 2 heterocycles. The van der Waals surface area contributed by atoms with E-state index >= 15 is 0 Å². The van der Waals surface area contributed by atoms with Gasteiger partial charge in [-0.1, -0.05) is 74.6 Å². The lowest BCUT2D eigenvalue weighted by atomic mass is 9.87. The van der Waals surface area contributed by atoms with Gasteiger partial charge in [0.2, 0.25) is 10.1 Å². The largest absolute Gasteiger partial charge is 0.484 e. The topological polar surface area (TPSA) is 81.4 Å². The van der Waals surface area contributed by atoms with Crippen LogP contribution < -0.4 is 10.1 Å². The smallest absolute Gasteiger partial charge is 0.264 e. The first-order chi connectivity index (χ1) is 13.9. The number of ether oxygens (including phenoxy) is 1. The molecule has 4 aromatic rings. The van der Waals surface area contributed by atoms with Crippen LogP contribution in [0, 0.1) is 0 Å². The summed E-state index contributed by atoms with van der Waals surface area (Å²) in [5.74, 6) is 1.00. The Bertz CT molecular complexity index is 1130. The van der Waals surface area contributed by atoms with Gasteiger partial charge in [0.25, 0.3) is 5.91 Å². The molecule has 0 atom stereocenters. The lowest BCUT2D eigenvalue weighted by Gasteiger charge is -2.19. The summed E-state index contributed by atoms with van der Waals surface area (Å²) >= 11 is 1.26. The van der Waals surface area contributed by atoms with E-state index < -0.39 is 0 Å². The summed E-state index contributed by atoms with van der Waals surface area (Å²) in [5.41, 5.74) is 2.19. The predicted molar refractivity (Wildman–Crippen MR) is 113 cm³/mol. The molecule has 2 aromatic carbocycles. The molecule has 0 aliphatic rings. The van der Waals surface area contributed by atoms with Crippen LogP contribution in [0.3, 0.4) is 0 Å². The lowest BCUT2D eigenvalue weighted by molar-refractivity contribution is -0.118. The van der Waals surface area contributed by atoms with Crippen LogP contribution >= 0.6 is 11.3 Å². The van der Waals surface area contributed by atoms with E-state index in [-0.39, 0.29) is 17.9 Å². The summed E-state index contributed by atoms with van der Waals surface area (Å²) in [7, 11) is 0. The van der Waals surface area contributed by atoms with Crippen molar-refractivity contribution in [3.05, 3.63) is 60.2 Å². The van der Waals surface area contributed by atoms with Gasteiger partial charge >= 0.3 is 0 Å². The Morgan fingerprint density at radius 1 is 1.07 bits per heavy atom. The van der Waals surface area contributed by atoms with Crippen LogP contribution in [-0.2, 0) is 10.2 Å². The molecule has 1 amide bonds. The standard InChI is InChI=1S/C21H21N5O2S/c1-21(2,3)15-9-11-16(12-10-15)28-13-17(27)22-19-25-26-18(23-24-20(26)29-19)14-7-5-4-6-8-14/h4-12H,13H2,1-3H3,(H,22,25,27). The van der Waals surface area contributed by atoms with E-state index in [1.807, 2.05) is 54.6 Å². The molecule has 1 N–H and O–H groups in total. The fourth-order valence-electron chi connectivity index (χ4n) is 2.79. The van der Waals surface area contributed by atoms with Crippen molar-refractivity contribution in [2.75, 3.05) is 11.9 Å². The average Bonchev–Trinajstić information content (AvgIpc) is 3.27. The maximum Gasteiger partial charge on any atom is 0.264 e. The quantitative estimate of drug-likeness (QED) is 0.537. The molecule has 0 aliphatic heterocycles. The number of amides is 1. The number of carbonyl (C=O) groups excluding carboxylic acids is 1. The molecular formula is C21H21N5O2S. The van der Waals surface area contributed by atoms with Crippen LogP contribution in [0.1, 0.15) is 26.3 Å². The van der Waals surface area contributed by atoms with Crippen molar-refractivity contribution in [2.24, 2.45) is 0 Å². The molecule has 0 spiro atoms. The van der Waals surface area contributed by atoms with Crippen LogP contribution in [0.4, 0.5) is 5.13 Å². The molecule has 0 saturated heterocycles. The van der Waals surface area contributed by atoms with Crippen molar-refractivity contribution in [2.45, 2.75) is 26.2 Å². The fraction of sp³-hybridized carbons (Fsp3) is 0.238. The predicted octanol–water partition coefficient (Wildman–Crippen LogP) is 4.17. The minimum atomic E-state index is -0.281. The number of rotatable bonds is 5. The maximum atomic E-state index is 12.3. The Morgan fingerprint density at radius 2 is 1.79 bits per heavy atom. The van der Waals surface area contributed by atoms with E-state index in [0.717, 1.165) is 5.56 Å². The minimum absolute atomic E-state index is 0.0752. The number of fused-ring (bicyclic) bond motifs is 1. The second kappa shape index (κ2) is 7.63. The summed E-state index contributed by atoms with van der Waals surface area (Å²) in [6, 6.07) is 17.5. The highest BCUT2D eigenvalue weighted by Gasteiger charge is 2.16. The van der Waals surface area contributed by atoms with Gasteiger partial charge in [0, 0.05) is 5.56 Å². The molecule has 0 radical (unpaired) electrons. The normalized spacial score (nSPS) is 11.6. The van der Waals surface area contributed by atoms with E-state index in [1.54, 1.807) is 4.52 Å². The second-order valence-corrected chi connectivity index (χ2v) is 8.56. The van der Waals surface area contributed by atoms with Gasteiger partial charge in [-0.05, 0) is 23.1 Å². The number of hydrogen-bond acceptors (Lipinski definition) is 6. The van der Waals surface area contributed by atoms with Crippen molar-refractivity contribution < 1.29 is 9.53 Å². The van der Waals surface area contributed by atoms with E-state index in [9.17, 15) is 4.79 Å². The zero-order chi connectivity index (χ0) is 20.4. The molecule has 29 heavy (non-hydrogen) atoms. The number of benzene rings is 2. The Morgan fingerprint density at radius 3 is 2.48 bits per heavy atom. The summed E-state index contributed by atoms with van der Waals surface area (Å²) in [6.07, 6.45) is 0. The number of anilines is 1. The third kappa shape index (κ3) is 4.27. The number of aromatic nitrogens is 4. The molecule has 0 bridgehead atoms. The lowest BCUT2D eigenvalue weighted by Crippen LogP contribution is -2.20. The first kappa shape index (κ1) is 19.1. The van der Waals surface area contributed by atoms with Crippen LogP contribution in [0.15, 0.2) is 54.6 Å². The molecule has 0 fully saturated rings. The molecule has 7 nitrogen and oxygen atoms in total. The van der Waals surface area contributed by atoms with Crippen molar-refractivity contribution in [3.8, 4) is 17.1 Å². The number of hydrogen-bond donors (Lipinski definition) is 1. The minimum Gasteiger partial charge on any atom is -0.484 e. The van der Waals surface area contributed by atoms with Crippen LogP contribution in [0.25, 0.3) is 16.3 Å². The summed E-state index contributed by atoms with van der Waals surface area (Å²) in [5, 5.41) is 15.9. The number of nitrogens with zero attached hydrogens (tertiary/aromatic N) is 4. The monoisotopic (exact) mass is 407 g/mol. The van der Waals surface area contributed by atoms with Gasteiger partial charge < -0.3 is 4.74 Å². The molecule has 0 saturated carbocycles. The van der Waals surface area contributed by atoms with E-state index in [1.165, 1.54) is 16.9 Å². The summed E-state index contributed by atoms with van der Waals surface area (Å²) < 4.78 is 7.21. The molecule has 148 valence electrons. The second-order valence-electron chi connectivity index (χ2n) is 7.60. The fourth-order valence-corrected chi connectivity index (χ4v) is 3.55. The van der Waals surface area contributed by atoms with Crippen molar-refractivity contribution in [1.82, 2.24) is 19.8 Å². The van der Waals surface area contributed by atoms with E-state index in [2.05, 4.69) is 41.4 Å². The van der Waals surface area contributed by atoms with Gasteiger partial charge in [-0.15, -0.1) is 15.3 Å². The van der Waals surface area contributed by atoms with Gasteiger partial charge in [-0.25, -0.2) is 0 Å². The maximum absolute atomic E-state index is 12.3. The first-order valence-corrected chi connectivity index (χ1v) is 10.0. The first-order valence-electron chi connectivity index (χ1n) is 9.21. The molecule has 0 aliphatic carbocycles. The summed E-state index contributed by atoms with van der Waals surface area (Å²) in [6.45, 7) is 6.36. The molecule has 0 unspecified atom stereocenters. The van der Waals surface area contributed by atoms with Gasteiger partial charge in [-0.2, -0.15) is 4.52 Å². The number of nitrogens with one attached hydrogen (secondary N) is 1. The van der Waals surface area contributed by atoms with Crippen molar-refractivity contribution in [1.29, 1.82) is 0 Å². The van der Waals surface area contributed by atoms with Gasteiger partial charge in [0.05, 0.1) is 0 Å². The van der Waals surface area contributed by atoms with Gasteiger partial charge in [0.1, 0.15) is 5.75 Å². The summed E-state index contributed by atoms with van der Waals surface area (Å²) in [4.78, 5) is 12.9. The highest BCUT2D eigenvalue weighted by atomic mass is 32.1. The highest BCUT2D eigenvalue weighted by molar-refractivity contribution is 7.20. The zero-order valence-electron chi connectivity index (χ0n) is 16.4. The molecular weight excluding hydrogens is 386 g/mol. The van der Waals surface area contributed by atoms with Crippen LogP contribution in [0.2, 0.25) is 0 Å². The Hall–Kier alpha value is -3.26. The van der Waals surface area contributed by atoms with E-state index in [4.69, 9.17) is 4.74 Å². The highest BCUT2D eigenvalue weighted by Crippen LogP contribution is 2.25. The number of carbonyl (C=O) groups is 1. The zero-order valence-corrected chi connectivity index (χ0v) is 17.2. The Kier molecular flexibility index (Phi) is 5.02. The SMILES string of the molecule is CC(C)(C)c1ccc(OCC(=O)Nc2nn3c(-c4ccccc4)nnc3s2)cc1. The van der Waals surface area contributed by atoms with Crippen LogP contribution in [-0.4, -0.2) is 32.3 Å². The molecule has 4 rings (SSSR count). The Labute approximate surface area is 172 Å². The third-order valence-electron chi connectivity index (χ3n) is 4.36. The average molecular weight is 407 g/mol. The molecule has 2 aromatic heterocycles. The van der Waals surface area contributed by atoms with Gasteiger partial charge in [-0.3, -0.25) is 10.1 Å². The Balaban J connectivity index is 1.40. The molecule has 8 heteroatoms. The van der Waals surface area contributed by atoms with E-state index in [0.29, 0.717) is 21.7 Å². The van der Waals surface area contributed by atoms with Gasteiger partial charge in [0.15, 0.2) is 12.4 Å². The van der Waals surface area contributed by atoms with Crippen molar-refractivity contribution in [3.63, 3.8) is 0 Å².